The largest absolute Gasteiger partial charge is 0.458 e. The monoisotopic (exact) mass is 854 g/mol. The minimum Gasteiger partial charge on any atom is -0.458 e. The number of nitrogens with zero attached hydrogens (tertiary/aromatic N) is 4. The first-order chi connectivity index (χ1) is 28.1. The maximum absolute atomic E-state index is 14.9. The van der Waals surface area contributed by atoms with Crippen molar-refractivity contribution in [3.05, 3.63) is 0 Å². The first-order valence-electron chi connectivity index (χ1n) is 20.9. The van der Waals surface area contributed by atoms with E-state index >= 15 is 0 Å². The number of hydroxylamine groups is 4. The second-order valence-electron chi connectivity index (χ2n) is 17.1. The Kier molecular flexibility index (Phi) is 16.4. The Labute approximate surface area is 351 Å². The van der Waals surface area contributed by atoms with Crippen molar-refractivity contribution in [1.82, 2.24) is 41.6 Å². The maximum atomic E-state index is 14.9. The van der Waals surface area contributed by atoms with E-state index in [0.717, 1.165) is 47.7 Å². The van der Waals surface area contributed by atoms with Crippen LogP contribution in [-0.2, 0) is 52.7 Å². The highest BCUT2D eigenvalue weighted by atomic mass is 16.7. The number of hydrogen-bond donors (Lipinski definition) is 6. The second-order valence-corrected chi connectivity index (χ2v) is 17.1. The van der Waals surface area contributed by atoms with Gasteiger partial charge < -0.3 is 30.3 Å². The lowest BCUT2D eigenvalue weighted by Gasteiger charge is -2.47. The maximum Gasteiger partial charge on any atom is 0.331 e. The highest BCUT2D eigenvalue weighted by Crippen LogP contribution is 2.40. The fourth-order valence-corrected chi connectivity index (χ4v) is 8.27. The second kappa shape index (κ2) is 20.3. The van der Waals surface area contributed by atoms with Crippen LogP contribution in [0.25, 0.3) is 0 Å². The van der Waals surface area contributed by atoms with Crippen LogP contribution in [0.1, 0.15) is 100 Å². The number of esters is 1. The van der Waals surface area contributed by atoms with Crippen LogP contribution in [0.4, 0.5) is 0 Å². The van der Waals surface area contributed by atoms with Gasteiger partial charge in [-0.3, -0.25) is 48.5 Å². The number of hydrogen-bond acceptors (Lipinski definition) is 15. The first kappa shape index (κ1) is 48.7. The first-order valence-corrected chi connectivity index (χ1v) is 20.9. The van der Waals surface area contributed by atoms with Gasteiger partial charge in [-0.2, -0.15) is 0 Å². The van der Waals surface area contributed by atoms with Crippen LogP contribution in [0.2, 0.25) is 0 Å². The Balaban J connectivity index is 1.80. The number of carbonyl (C=O) groups is 7. The number of fused-ring (bicyclic) bond motifs is 2. The van der Waals surface area contributed by atoms with E-state index in [4.69, 9.17) is 19.1 Å². The zero-order valence-corrected chi connectivity index (χ0v) is 36.5. The molecule has 0 aliphatic carbocycles. The van der Waals surface area contributed by atoms with E-state index in [9.17, 15) is 43.8 Å². The molecule has 0 spiro atoms. The third kappa shape index (κ3) is 10.4. The molecule has 21 heteroatoms. The average molecular weight is 855 g/mol. The number of aliphatic hydroxyl groups is 2. The molecule has 6 amide bonds. The van der Waals surface area contributed by atoms with Crippen LogP contribution in [-0.4, -0.2) is 159 Å². The molecule has 21 nitrogen and oxygen atoms in total. The number of rotatable bonds is 8. The van der Waals surface area contributed by atoms with E-state index in [1.54, 1.807) is 20.8 Å². The predicted octanol–water partition coefficient (Wildman–Crippen LogP) is -0.982. The minimum absolute atomic E-state index is 0.0418. The third-order valence-electron chi connectivity index (χ3n) is 11.9. The van der Waals surface area contributed by atoms with Crippen molar-refractivity contribution in [3.63, 3.8) is 0 Å². The summed E-state index contributed by atoms with van der Waals surface area (Å²) >= 11 is 0. The zero-order chi connectivity index (χ0) is 44.9. The Hall–Kier alpha value is -3.99. The zero-order valence-electron chi connectivity index (χ0n) is 36.5. The van der Waals surface area contributed by atoms with E-state index in [-0.39, 0.29) is 31.7 Å². The highest BCUT2D eigenvalue weighted by Gasteiger charge is 2.57. The topological polar surface area (TPSA) is 258 Å². The molecule has 0 aromatic carbocycles. The highest BCUT2D eigenvalue weighted by molar-refractivity contribution is 5.97. The van der Waals surface area contributed by atoms with Gasteiger partial charge in [0.25, 0.3) is 29.5 Å². The summed E-state index contributed by atoms with van der Waals surface area (Å²) in [6, 6.07) is -7.15. The van der Waals surface area contributed by atoms with Crippen molar-refractivity contribution in [2.75, 3.05) is 33.9 Å². The Morgan fingerprint density at radius 2 is 1.43 bits per heavy atom. The molecule has 10 atom stereocenters. The van der Waals surface area contributed by atoms with Crippen molar-refractivity contribution in [2.45, 2.75) is 154 Å². The molecule has 0 saturated carbocycles. The summed E-state index contributed by atoms with van der Waals surface area (Å²) in [5.74, 6) is -9.14. The third-order valence-corrected chi connectivity index (χ3v) is 11.9. The Bertz CT molecular complexity index is 1600. The molecule has 0 aromatic rings. The molecule has 10 unspecified atom stereocenters. The summed E-state index contributed by atoms with van der Waals surface area (Å²) in [4.78, 5) is 109. The summed E-state index contributed by atoms with van der Waals surface area (Å²) < 4.78 is 12.0. The van der Waals surface area contributed by atoms with Crippen LogP contribution in [0, 0.1) is 17.8 Å². The normalized spacial score (nSPS) is 33.3. The molecule has 4 heterocycles. The molecular formula is C39H66N8O13. The van der Waals surface area contributed by atoms with Gasteiger partial charge in [-0.05, 0) is 84.0 Å². The number of cyclic esters (lactones) is 1. The van der Waals surface area contributed by atoms with Gasteiger partial charge in [0.1, 0.15) is 30.3 Å². The fourth-order valence-electron chi connectivity index (χ4n) is 8.27. The summed E-state index contributed by atoms with van der Waals surface area (Å²) in [6.07, 6.45) is 0.129. The molecule has 4 saturated heterocycles. The molecule has 0 aromatic heterocycles. The standard InChI is InChI=1S/C39H66N8O13/c1-21(2)19-26-15-16-39(56,60-25(26)7)38(8,55)37(54)43-30-31(22(3)4)59-36(53)24(6)47(58-10)33(50)27-13-11-17-41-44(27)29(48)20-40-32(49)23(5)46(57-9)34(51)28-14-12-18-42-45(28)35(30)52/h21-28,30-31,41-42,55-56H,11-20H2,1-10H3,(H,40,49)(H,43,54). The predicted molar refractivity (Wildman–Crippen MR) is 210 cm³/mol. The van der Waals surface area contributed by atoms with Crippen LogP contribution >= 0.6 is 0 Å². The number of ether oxygens (including phenoxy) is 2. The van der Waals surface area contributed by atoms with Gasteiger partial charge in [0.05, 0.1) is 26.9 Å². The SMILES string of the molecule is CON1C(=O)C2CCCNN2C(=O)C(NC(=O)C(C)(O)C2(O)CCC(CC(C)C)C(C)O2)C(C(C)C)OC(=O)C(C)N(OC)C(=O)C2CCCNN2C(=O)CNC(=O)C1C. The molecule has 4 fully saturated rings. The number of hydrazine groups is 2. The lowest BCUT2D eigenvalue weighted by molar-refractivity contribution is -0.326. The van der Waals surface area contributed by atoms with E-state index in [1.165, 1.54) is 13.8 Å². The van der Waals surface area contributed by atoms with Gasteiger partial charge in [0, 0.05) is 19.5 Å². The summed E-state index contributed by atoms with van der Waals surface area (Å²) in [5.41, 5.74) is 3.11. The molecular weight excluding hydrogens is 788 g/mol. The van der Waals surface area contributed by atoms with Crippen molar-refractivity contribution in [2.24, 2.45) is 17.8 Å². The van der Waals surface area contributed by atoms with E-state index in [2.05, 4.69) is 35.3 Å². The smallest absolute Gasteiger partial charge is 0.331 e. The van der Waals surface area contributed by atoms with Gasteiger partial charge in [0.15, 0.2) is 11.6 Å². The molecule has 340 valence electrons. The molecule has 6 N–H and O–H groups in total. The summed E-state index contributed by atoms with van der Waals surface area (Å²) in [7, 11) is 2.31. The minimum atomic E-state index is -2.66. The molecule has 0 radical (unpaired) electrons. The van der Waals surface area contributed by atoms with Crippen molar-refractivity contribution < 1.29 is 62.9 Å². The molecule has 60 heavy (non-hydrogen) atoms. The number of carbonyl (C=O) groups excluding carboxylic acids is 7. The Morgan fingerprint density at radius 3 is 1.97 bits per heavy atom. The van der Waals surface area contributed by atoms with Crippen molar-refractivity contribution in [1.29, 1.82) is 0 Å². The molecule has 4 aliphatic rings. The molecule has 4 rings (SSSR count). The van der Waals surface area contributed by atoms with Gasteiger partial charge in [0.2, 0.25) is 11.7 Å². The fraction of sp³-hybridized carbons (Fsp3) is 0.821. The average Bonchev–Trinajstić information content (AvgIpc) is 3.21. The summed E-state index contributed by atoms with van der Waals surface area (Å²) in [5, 5.41) is 32.2. The van der Waals surface area contributed by atoms with Crippen LogP contribution in [0.5, 0.6) is 0 Å². The number of amides is 6. The van der Waals surface area contributed by atoms with Gasteiger partial charge in [-0.15, -0.1) is 0 Å². The van der Waals surface area contributed by atoms with Gasteiger partial charge in [-0.1, -0.05) is 27.7 Å². The van der Waals surface area contributed by atoms with E-state index < -0.39 is 108 Å². The van der Waals surface area contributed by atoms with Crippen molar-refractivity contribution in [3.8, 4) is 0 Å². The quantitative estimate of drug-likeness (QED) is 0.161. The van der Waals surface area contributed by atoms with Crippen LogP contribution in [0.3, 0.4) is 0 Å². The molecule has 0 bridgehead atoms. The van der Waals surface area contributed by atoms with Crippen LogP contribution < -0.4 is 21.5 Å². The Morgan fingerprint density at radius 1 is 0.883 bits per heavy atom. The van der Waals surface area contributed by atoms with E-state index in [1.807, 2.05) is 0 Å². The summed E-state index contributed by atoms with van der Waals surface area (Å²) in [6.45, 7) is 12.8. The molecule has 4 aliphatic heterocycles. The lowest BCUT2D eigenvalue weighted by Crippen LogP contribution is -2.70. The lowest BCUT2D eigenvalue weighted by atomic mass is 9.79. The van der Waals surface area contributed by atoms with E-state index in [0.29, 0.717) is 31.7 Å². The van der Waals surface area contributed by atoms with Gasteiger partial charge in [-0.25, -0.2) is 25.8 Å². The van der Waals surface area contributed by atoms with Gasteiger partial charge >= 0.3 is 5.97 Å². The van der Waals surface area contributed by atoms with Crippen LogP contribution in [0.15, 0.2) is 0 Å². The van der Waals surface area contributed by atoms with Crippen molar-refractivity contribution >= 4 is 41.4 Å². The number of nitrogens with one attached hydrogen (secondary N) is 4.